The maximum absolute atomic E-state index is 11.7. The molecule has 0 saturated carbocycles. The van der Waals surface area contributed by atoms with Crippen molar-refractivity contribution >= 4 is 35.0 Å². The van der Waals surface area contributed by atoms with E-state index < -0.39 is 0 Å². The summed E-state index contributed by atoms with van der Waals surface area (Å²) >= 11 is 12.0. The van der Waals surface area contributed by atoms with Gasteiger partial charge in [-0.05, 0) is 18.2 Å². The molecule has 0 saturated heterocycles. The van der Waals surface area contributed by atoms with E-state index in [4.69, 9.17) is 27.6 Å². The minimum Gasteiger partial charge on any atom is -0.441 e. The van der Waals surface area contributed by atoms with Crippen molar-refractivity contribution in [1.29, 1.82) is 0 Å². The normalized spacial score (nSPS) is 10.5. The lowest BCUT2D eigenvalue weighted by molar-refractivity contribution is -0.122. The van der Waals surface area contributed by atoms with Gasteiger partial charge in [0.25, 0.3) is 0 Å². The van der Waals surface area contributed by atoms with Gasteiger partial charge in [-0.3, -0.25) is 9.59 Å². The van der Waals surface area contributed by atoms with E-state index in [9.17, 15) is 9.59 Å². The molecule has 2 amide bonds. The number of aryl methyl sites for hydroxylation is 1. The molecule has 0 bridgehead atoms. The van der Waals surface area contributed by atoms with E-state index in [1.165, 1.54) is 6.92 Å². The Morgan fingerprint density at radius 1 is 1.21 bits per heavy atom. The Hall–Kier alpha value is -2.05. The average Bonchev–Trinajstić information content (AvgIpc) is 2.98. The standard InChI is InChI=1S/C16H17Cl2N3O3/c1-10(22)19-6-7-20-15(23)4-5-16-21-9-14(24-16)12-3-2-11(17)8-13(12)18/h2-3,8-9H,4-7H2,1H3,(H,19,22)(H,20,23). The summed E-state index contributed by atoms with van der Waals surface area (Å²) < 4.78 is 5.62. The van der Waals surface area contributed by atoms with E-state index in [0.29, 0.717) is 46.8 Å². The first-order chi connectivity index (χ1) is 11.5. The van der Waals surface area contributed by atoms with E-state index in [2.05, 4.69) is 15.6 Å². The van der Waals surface area contributed by atoms with Gasteiger partial charge >= 0.3 is 0 Å². The molecule has 2 N–H and O–H groups in total. The number of hydrogen-bond donors (Lipinski definition) is 2. The predicted molar refractivity (Wildman–Crippen MR) is 92.0 cm³/mol. The second-order valence-corrected chi connectivity index (χ2v) is 5.92. The second kappa shape index (κ2) is 8.70. The van der Waals surface area contributed by atoms with Crippen LogP contribution in [0.3, 0.4) is 0 Å². The van der Waals surface area contributed by atoms with Gasteiger partial charge in [-0.15, -0.1) is 0 Å². The molecule has 0 aliphatic rings. The Morgan fingerprint density at radius 3 is 2.67 bits per heavy atom. The first-order valence-corrected chi connectivity index (χ1v) is 8.12. The largest absolute Gasteiger partial charge is 0.441 e. The molecule has 0 fully saturated rings. The number of nitrogens with one attached hydrogen (secondary N) is 2. The quantitative estimate of drug-likeness (QED) is 0.734. The van der Waals surface area contributed by atoms with Crippen molar-refractivity contribution < 1.29 is 14.0 Å². The van der Waals surface area contributed by atoms with Crippen LogP contribution in [0.2, 0.25) is 10.0 Å². The van der Waals surface area contributed by atoms with Crippen LogP contribution < -0.4 is 10.6 Å². The number of oxazole rings is 1. The van der Waals surface area contributed by atoms with Crippen molar-refractivity contribution in [2.45, 2.75) is 19.8 Å². The molecule has 0 unspecified atom stereocenters. The highest BCUT2D eigenvalue weighted by Gasteiger charge is 2.11. The summed E-state index contributed by atoms with van der Waals surface area (Å²) in [5.41, 5.74) is 0.694. The number of rotatable bonds is 7. The Kier molecular flexibility index (Phi) is 6.63. The van der Waals surface area contributed by atoms with Gasteiger partial charge in [0.05, 0.1) is 11.2 Å². The van der Waals surface area contributed by atoms with Gasteiger partial charge in [0, 0.05) is 43.4 Å². The fourth-order valence-electron chi connectivity index (χ4n) is 1.99. The van der Waals surface area contributed by atoms with Crippen molar-refractivity contribution in [2.24, 2.45) is 0 Å². The summed E-state index contributed by atoms with van der Waals surface area (Å²) in [4.78, 5) is 26.6. The topological polar surface area (TPSA) is 84.2 Å². The van der Waals surface area contributed by atoms with Crippen LogP contribution in [0, 0.1) is 0 Å². The van der Waals surface area contributed by atoms with Crippen molar-refractivity contribution in [1.82, 2.24) is 15.6 Å². The maximum atomic E-state index is 11.7. The van der Waals surface area contributed by atoms with Crippen LogP contribution in [0.15, 0.2) is 28.8 Å². The lowest BCUT2D eigenvalue weighted by Gasteiger charge is -2.04. The zero-order chi connectivity index (χ0) is 17.5. The molecule has 0 aliphatic heterocycles. The molecule has 0 radical (unpaired) electrons. The number of halogens is 2. The third-order valence-corrected chi connectivity index (χ3v) is 3.69. The molecule has 0 atom stereocenters. The van der Waals surface area contributed by atoms with E-state index in [1.807, 2.05) is 0 Å². The van der Waals surface area contributed by atoms with Crippen LogP contribution in [0.5, 0.6) is 0 Å². The maximum Gasteiger partial charge on any atom is 0.220 e. The molecule has 2 rings (SSSR count). The van der Waals surface area contributed by atoms with Crippen LogP contribution >= 0.6 is 23.2 Å². The third kappa shape index (κ3) is 5.54. The first kappa shape index (κ1) is 18.3. The zero-order valence-electron chi connectivity index (χ0n) is 13.1. The number of amides is 2. The molecule has 6 nitrogen and oxygen atoms in total. The van der Waals surface area contributed by atoms with Crippen molar-refractivity contribution in [3.05, 3.63) is 40.3 Å². The Labute approximate surface area is 149 Å². The molecule has 2 aromatic rings. The minimum atomic E-state index is -0.135. The van der Waals surface area contributed by atoms with E-state index in [0.717, 1.165) is 0 Å². The first-order valence-electron chi connectivity index (χ1n) is 7.37. The molecular formula is C16H17Cl2N3O3. The lowest BCUT2D eigenvalue weighted by Crippen LogP contribution is -2.33. The fraction of sp³-hybridized carbons (Fsp3) is 0.312. The molecule has 0 aliphatic carbocycles. The highest BCUT2D eigenvalue weighted by molar-refractivity contribution is 6.36. The van der Waals surface area contributed by atoms with Gasteiger partial charge in [-0.25, -0.2) is 4.98 Å². The molecule has 8 heteroatoms. The second-order valence-electron chi connectivity index (χ2n) is 5.08. The summed E-state index contributed by atoms with van der Waals surface area (Å²) in [6, 6.07) is 5.10. The van der Waals surface area contributed by atoms with Crippen LogP contribution in [-0.4, -0.2) is 29.9 Å². The summed E-state index contributed by atoms with van der Waals surface area (Å²) in [6.45, 7) is 2.21. The molecule has 24 heavy (non-hydrogen) atoms. The van der Waals surface area contributed by atoms with E-state index >= 15 is 0 Å². The average molecular weight is 370 g/mol. The van der Waals surface area contributed by atoms with Crippen LogP contribution in [0.25, 0.3) is 11.3 Å². The van der Waals surface area contributed by atoms with Gasteiger partial charge < -0.3 is 15.1 Å². The van der Waals surface area contributed by atoms with E-state index in [-0.39, 0.29) is 18.2 Å². The van der Waals surface area contributed by atoms with Gasteiger partial charge in [-0.2, -0.15) is 0 Å². The number of aromatic nitrogens is 1. The number of nitrogens with zero attached hydrogens (tertiary/aromatic N) is 1. The minimum absolute atomic E-state index is 0.127. The van der Waals surface area contributed by atoms with Crippen molar-refractivity contribution in [2.75, 3.05) is 13.1 Å². The summed E-state index contributed by atoms with van der Waals surface area (Å²) in [5.74, 6) is 0.716. The van der Waals surface area contributed by atoms with Crippen molar-refractivity contribution in [3.8, 4) is 11.3 Å². The molecule has 0 spiro atoms. The fourth-order valence-corrected chi connectivity index (χ4v) is 2.49. The van der Waals surface area contributed by atoms with Gasteiger partial charge in [-0.1, -0.05) is 23.2 Å². The predicted octanol–water partition coefficient (Wildman–Crippen LogP) is 2.83. The Bertz CT molecular complexity index is 731. The number of benzene rings is 1. The monoisotopic (exact) mass is 369 g/mol. The number of carbonyl (C=O) groups is 2. The SMILES string of the molecule is CC(=O)NCCNC(=O)CCc1ncc(-c2ccc(Cl)cc2Cl)o1. The number of carbonyl (C=O) groups excluding carboxylic acids is 2. The third-order valence-electron chi connectivity index (χ3n) is 3.14. The lowest BCUT2D eigenvalue weighted by atomic mass is 10.2. The molecular weight excluding hydrogens is 353 g/mol. The highest BCUT2D eigenvalue weighted by Crippen LogP contribution is 2.30. The van der Waals surface area contributed by atoms with Gasteiger partial charge in [0.2, 0.25) is 11.8 Å². The summed E-state index contributed by atoms with van der Waals surface area (Å²) in [5, 5.41) is 6.32. The number of hydrogen-bond acceptors (Lipinski definition) is 4. The van der Waals surface area contributed by atoms with Crippen LogP contribution in [-0.2, 0) is 16.0 Å². The van der Waals surface area contributed by atoms with Gasteiger partial charge in [0.1, 0.15) is 0 Å². The van der Waals surface area contributed by atoms with E-state index in [1.54, 1.807) is 24.4 Å². The molecule has 1 heterocycles. The zero-order valence-corrected chi connectivity index (χ0v) is 14.6. The smallest absolute Gasteiger partial charge is 0.220 e. The molecule has 1 aromatic carbocycles. The summed E-state index contributed by atoms with van der Waals surface area (Å²) in [6.07, 6.45) is 2.19. The molecule has 1 aromatic heterocycles. The highest BCUT2D eigenvalue weighted by atomic mass is 35.5. The summed E-state index contributed by atoms with van der Waals surface area (Å²) in [7, 11) is 0. The van der Waals surface area contributed by atoms with Crippen LogP contribution in [0.1, 0.15) is 19.2 Å². The molecule has 128 valence electrons. The van der Waals surface area contributed by atoms with Crippen molar-refractivity contribution in [3.63, 3.8) is 0 Å². The van der Waals surface area contributed by atoms with Gasteiger partial charge in [0.15, 0.2) is 11.7 Å². The Morgan fingerprint density at radius 2 is 1.96 bits per heavy atom. The van der Waals surface area contributed by atoms with Crippen LogP contribution in [0.4, 0.5) is 0 Å². The Balaban J connectivity index is 1.83.